The van der Waals surface area contributed by atoms with Crippen LogP contribution in [0.2, 0.25) is 0 Å². The van der Waals surface area contributed by atoms with Gasteiger partial charge in [-0.15, -0.1) is 0 Å². The van der Waals surface area contributed by atoms with Gasteiger partial charge in [0.2, 0.25) is 10.0 Å². The predicted octanol–water partition coefficient (Wildman–Crippen LogP) is 2.44. The molecular weight excluding hydrogens is 348 g/mol. The fourth-order valence-electron chi connectivity index (χ4n) is 3.05. The van der Waals surface area contributed by atoms with Crippen molar-refractivity contribution in [1.29, 1.82) is 0 Å². The highest BCUT2D eigenvalue weighted by atomic mass is 32.2. The molecule has 0 radical (unpaired) electrons. The van der Waals surface area contributed by atoms with Crippen molar-refractivity contribution < 1.29 is 8.42 Å². The Morgan fingerprint density at radius 3 is 1.81 bits per heavy atom. The summed E-state index contributed by atoms with van der Waals surface area (Å²) in [6.07, 6.45) is 3.63. The quantitative estimate of drug-likeness (QED) is 0.805. The van der Waals surface area contributed by atoms with Crippen molar-refractivity contribution in [1.82, 2.24) is 9.29 Å². The monoisotopic (exact) mass is 374 g/mol. The summed E-state index contributed by atoms with van der Waals surface area (Å²) in [6, 6.07) is 11.2. The van der Waals surface area contributed by atoms with Gasteiger partial charge in [0.15, 0.2) is 0 Å². The molecule has 1 saturated heterocycles. The van der Waals surface area contributed by atoms with Gasteiger partial charge in [0.25, 0.3) is 0 Å². The van der Waals surface area contributed by atoms with Crippen molar-refractivity contribution in [2.24, 2.45) is 0 Å². The van der Waals surface area contributed by atoms with Crippen LogP contribution in [0.25, 0.3) is 0 Å². The molecule has 1 aliphatic rings. The molecule has 140 valence electrons. The Morgan fingerprint density at radius 1 is 0.885 bits per heavy atom. The zero-order valence-electron chi connectivity index (χ0n) is 15.5. The average Bonchev–Trinajstić information content (AvgIpc) is 2.68. The highest BCUT2D eigenvalue weighted by Gasteiger charge is 2.23. The SMILES string of the molecule is CC(C)N(C)S(=O)(=O)c1ccc(N2CCN(c3ccncc3)CC2)cc1. The second-order valence-electron chi connectivity index (χ2n) is 6.79. The molecule has 26 heavy (non-hydrogen) atoms. The maximum absolute atomic E-state index is 12.6. The number of rotatable bonds is 5. The number of piperazine rings is 1. The summed E-state index contributed by atoms with van der Waals surface area (Å²) in [5.74, 6) is 0. The van der Waals surface area contributed by atoms with E-state index in [1.807, 2.05) is 50.5 Å². The normalized spacial score (nSPS) is 15.7. The molecule has 1 fully saturated rings. The van der Waals surface area contributed by atoms with Crippen molar-refractivity contribution in [2.45, 2.75) is 24.8 Å². The Hall–Kier alpha value is -2.12. The lowest BCUT2D eigenvalue weighted by atomic mass is 10.2. The molecule has 2 aromatic rings. The molecule has 2 heterocycles. The van der Waals surface area contributed by atoms with Gasteiger partial charge in [0.05, 0.1) is 4.90 Å². The van der Waals surface area contributed by atoms with Crippen LogP contribution in [0.3, 0.4) is 0 Å². The highest BCUT2D eigenvalue weighted by molar-refractivity contribution is 7.89. The standard InChI is InChI=1S/C19H26N4O2S/c1-16(2)21(3)26(24,25)19-6-4-17(5-7-19)22-12-14-23(15-13-22)18-8-10-20-11-9-18/h4-11,16H,12-15H2,1-3H3. The lowest BCUT2D eigenvalue weighted by molar-refractivity contribution is 0.410. The smallest absolute Gasteiger partial charge is 0.243 e. The molecule has 7 heteroatoms. The van der Waals surface area contributed by atoms with Gasteiger partial charge in [0, 0.05) is 63.0 Å². The number of aromatic nitrogens is 1. The van der Waals surface area contributed by atoms with Crippen LogP contribution in [0.4, 0.5) is 11.4 Å². The maximum Gasteiger partial charge on any atom is 0.243 e. The molecular formula is C19H26N4O2S. The molecule has 6 nitrogen and oxygen atoms in total. The van der Waals surface area contributed by atoms with Crippen LogP contribution in [0, 0.1) is 0 Å². The fourth-order valence-corrected chi connectivity index (χ4v) is 4.42. The largest absolute Gasteiger partial charge is 0.368 e. The van der Waals surface area contributed by atoms with Crippen molar-refractivity contribution in [2.75, 3.05) is 43.0 Å². The molecule has 0 aliphatic carbocycles. The number of pyridine rings is 1. The summed E-state index contributed by atoms with van der Waals surface area (Å²) in [7, 11) is -1.81. The number of nitrogens with zero attached hydrogens (tertiary/aromatic N) is 4. The second-order valence-corrected chi connectivity index (χ2v) is 8.79. The Morgan fingerprint density at radius 2 is 1.35 bits per heavy atom. The molecule has 0 amide bonds. The summed E-state index contributed by atoms with van der Waals surface area (Å²) < 4.78 is 26.5. The molecule has 1 aromatic carbocycles. The van der Waals surface area contributed by atoms with Gasteiger partial charge in [0.1, 0.15) is 0 Å². The van der Waals surface area contributed by atoms with Gasteiger partial charge in [-0.3, -0.25) is 4.98 Å². The molecule has 0 atom stereocenters. The Kier molecular flexibility index (Phi) is 5.48. The highest BCUT2D eigenvalue weighted by Crippen LogP contribution is 2.23. The third kappa shape index (κ3) is 3.83. The van der Waals surface area contributed by atoms with E-state index in [0.717, 1.165) is 31.9 Å². The number of sulfonamides is 1. The molecule has 0 N–H and O–H groups in total. The van der Waals surface area contributed by atoms with Crippen LogP contribution in [0.1, 0.15) is 13.8 Å². The molecule has 0 spiro atoms. The van der Waals surface area contributed by atoms with Crippen LogP contribution >= 0.6 is 0 Å². The van der Waals surface area contributed by atoms with Gasteiger partial charge in [-0.05, 0) is 50.2 Å². The van der Waals surface area contributed by atoms with Gasteiger partial charge in [-0.1, -0.05) is 0 Å². The van der Waals surface area contributed by atoms with Crippen LogP contribution in [0.15, 0.2) is 53.7 Å². The molecule has 1 aromatic heterocycles. The fraction of sp³-hybridized carbons (Fsp3) is 0.421. The number of benzene rings is 1. The Bertz CT molecular complexity index is 814. The minimum absolute atomic E-state index is 0.0686. The first kappa shape index (κ1) is 18.7. The van der Waals surface area contributed by atoms with E-state index in [2.05, 4.69) is 14.8 Å². The van der Waals surface area contributed by atoms with E-state index >= 15 is 0 Å². The van der Waals surface area contributed by atoms with Crippen molar-refractivity contribution in [3.8, 4) is 0 Å². The lowest BCUT2D eigenvalue weighted by Crippen LogP contribution is -2.46. The summed E-state index contributed by atoms with van der Waals surface area (Å²) in [5, 5.41) is 0. The zero-order chi connectivity index (χ0) is 18.7. The van der Waals surface area contributed by atoms with E-state index in [4.69, 9.17) is 0 Å². The first-order chi connectivity index (χ1) is 12.4. The molecule has 1 aliphatic heterocycles. The topological polar surface area (TPSA) is 56.8 Å². The van der Waals surface area contributed by atoms with Crippen LogP contribution in [-0.4, -0.2) is 57.0 Å². The van der Waals surface area contributed by atoms with Crippen molar-refractivity contribution in [3.05, 3.63) is 48.8 Å². The maximum atomic E-state index is 12.6. The first-order valence-electron chi connectivity index (χ1n) is 8.87. The van der Waals surface area contributed by atoms with Gasteiger partial charge in [-0.2, -0.15) is 4.31 Å². The third-order valence-corrected chi connectivity index (χ3v) is 6.96. The minimum Gasteiger partial charge on any atom is -0.368 e. The molecule has 0 saturated carbocycles. The average molecular weight is 375 g/mol. The lowest BCUT2D eigenvalue weighted by Gasteiger charge is -2.37. The second kappa shape index (κ2) is 7.63. The van der Waals surface area contributed by atoms with Crippen LogP contribution < -0.4 is 9.80 Å². The van der Waals surface area contributed by atoms with Crippen LogP contribution in [-0.2, 0) is 10.0 Å². The van der Waals surface area contributed by atoms with E-state index in [1.165, 1.54) is 9.99 Å². The van der Waals surface area contributed by atoms with Crippen molar-refractivity contribution in [3.63, 3.8) is 0 Å². The number of anilines is 2. The summed E-state index contributed by atoms with van der Waals surface area (Å²) >= 11 is 0. The Labute approximate surface area is 156 Å². The van der Waals surface area contributed by atoms with Gasteiger partial charge < -0.3 is 9.80 Å². The first-order valence-corrected chi connectivity index (χ1v) is 10.3. The number of hydrogen-bond acceptors (Lipinski definition) is 5. The van der Waals surface area contributed by atoms with Crippen molar-refractivity contribution >= 4 is 21.4 Å². The minimum atomic E-state index is -3.43. The predicted molar refractivity (Wildman–Crippen MR) is 105 cm³/mol. The van der Waals surface area contributed by atoms with Gasteiger partial charge >= 0.3 is 0 Å². The van der Waals surface area contributed by atoms with E-state index in [0.29, 0.717) is 4.90 Å². The molecule has 0 unspecified atom stereocenters. The van der Waals surface area contributed by atoms with E-state index in [1.54, 1.807) is 19.2 Å². The summed E-state index contributed by atoms with van der Waals surface area (Å²) in [4.78, 5) is 9.04. The summed E-state index contributed by atoms with van der Waals surface area (Å²) in [6.45, 7) is 7.41. The van der Waals surface area contributed by atoms with Crippen LogP contribution in [0.5, 0.6) is 0 Å². The Balaban J connectivity index is 1.67. The third-order valence-electron chi connectivity index (χ3n) is 4.91. The zero-order valence-corrected chi connectivity index (χ0v) is 16.4. The van der Waals surface area contributed by atoms with Gasteiger partial charge in [-0.25, -0.2) is 8.42 Å². The molecule has 0 bridgehead atoms. The summed E-state index contributed by atoms with van der Waals surface area (Å²) in [5.41, 5.74) is 2.25. The van der Waals surface area contributed by atoms with E-state index < -0.39 is 10.0 Å². The molecule has 3 rings (SSSR count). The van der Waals surface area contributed by atoms with E-state index in [-0.39, 0.29) is 6.04 Å². The van der Waals surface area contributed by atoms with E-state index in [9.17, 15) is 8.42 Å². The number of hydrogen-bond donors (Lipinski definition) is 0.